The molecule has 0 spiro atoms. The van der Waals surface area contributed by atoms with Gasteiger partial charge in [0.05, 0.1) is 5.60 Å². The highest BCUT2D eigenvalue weighted by Crippen LogP contribution is 2.37. The van der Waals surface area contributed by atoms with Crippen molar-refractivity contribution >= 4 is 21.5 Å². The predicted octanol–water partition coefficient (Wildman–Crippen LogP) is 1.12. The van der Waals surface area contributed by atoms with Gasteiger partial charge in [-0.1, -0.05) is 0 Å². The van der Waals surface area contributed by atoms with Crippen molar-refractivity contribution in [1.82, 2.24) is 13.5 Å². The van der Waals surface area contributed by atoms with E-state index in [0.29, 0.717) is 19.5 Å². The largest absolute Gasteiger partial charge is 0.389 e. The van der Waals surface area contributed by atoms with Gasteiger partial charge >= 0.3 is 0 Å². The Bertz CT molecular complexity index is 688. The first-order valence-corrected chi connectivity index (χ1v) is 10.7. The number of likely N-dealkylation sites (tertiary alicyclic amines) is 1. The Balaban J connectivity index is 1.71. The summed E-state index contributed by atoms with van der Waals surface area (Å²) in [6.07, 6.45) is 1.24. The third-order valence-electron chi connectivity index (χ3n) is 5.44. The van der Waals surface area contributed by atoms with E-state index in [-0.39, 0.29) is 5.92 Å². The van der Waals surface area contributed by atoms with Gasteiger partial charge in [-0.25, -0.2) is 0 Å². The number of hydrogen-bond donors (Lipinski definition) is 1. The highest BCUT2D eigenvalue weighted by atomic mass is 32.2. The van der Waals surface area contributed by atoms with Crippen molar-refractivity contribution in [3.05, 3.63) is 21.9 Å². The van der Waals surface area contributed by atoms with E-state index in [4.69, 9.17) is 0 Å². The molecular weight excluding hydrogens is 346 g/mol. The first-order chi connectivity index (χ1) is 11.2. The smallest absolute Gasteiger partial charge is 0.281 e. The zero-order valence-corrected chi connectivity index (χ0v) is 16.2. The van der Waals surface area contributed by atoms with Gasteiger partial charge in [0.15, 0.2) is 0 Å². The normalized spacial score (nSPS) is 29.8. The maximum Gasteiger partial charge on any atom is 0.281 e. The van der Waals surface area contributed by atoms with Crippen LogP contribution in [-0.2, 0) is 16.8 Å². The second-order valence-corrected chi connectivity index (χ2v) is 10.4. The number of thiophene rings is 1. The third kappa shape index (κ3) is 3.40. The molecule has 0 saturated carbocycles. The fraction of sp³-hybridized carbons (Fsp3) is 0.750. The van der Waals surface area contributed by atoms with Crippen LogP contribution in [0.3, 0.4) is 0 Å². The lowest BCUT2D eigenvalue weighted by Crippen LogP contribution is -2.61. The third-order valence-corrected chi connectivity index (χ3v) is 8.36. The van der Waals surface area contributed by atoms with E-state index in [1.165, 1.54) is 19.1 Å². The van der Waals surface area contributed by atoms with Crippen LogP contribution >= 0.6 is 11.3 Å². The van der Waals surface area contributed by atoms with Crippen LogP contribution in [0.1, 0.15) is 23.3 Å². The maximum absolute atomic E-state index is 12.4. The van der Waals surface area contributed by atoms with Gasteiger partial charge in [-0.05, 0) is 36.8 Å². The van der Waals surface area contributed by atoms with Crippen LogP contribution in [-0.4, -0.2) is 72.9 Å². The molecule has 1 aromatic rings. The van der Waals surface area contributed by atoms with Crippen LogP contribution in [0.2, 0.25) is 0 Å². The minimum Gasteiger partial charge on any atom is -0.389 e. The van der Waals surface area contributed by atoms with Crippen molar-refractivity contribution in [2.45, 2.75) is 31.9 Å². The Morgan fingerprint density at radius 1 is 1.33 bits per heavy atom. The van der Waals surface area contributed by atoms with Gasteiger partial charge in [-0.2, -0.15) is 17.0 Å². The molecule has 0 amide bonds. The van der Waals surface area contributed by atoms with E-state index in [1.807, 2.05) is 0 Å². The van der Waals surface area contributed by atoms with Crippen LogP contribution in [0.5, 0.6) is 0 Å². The summed E-state index contributed by atoms with van der Waals surface area (Å²) in [7, 11) is -0.295. The summed E-state index contributed by atoms with van der Waals surface area (Å²) in [5.74, 6) is -0.0324. The fourth-order valence-electron chi connectivity index (χ4n) is 3.69. The molecule has 0 unspecified atom stereocenters. The number of nitrogens with zero attached hydrogens (tertiary/aromatic N) is 3. The summed E-state index contributed by atoms with van der Waals surface area (Å²) >= 11 is 1.76. The highest BCUT2D eigenvalue weighted by Gasteiger charge is 2.47. The quantitative estimate of drug-likeness (QED) is 0.859. The molecule has 2 aliphatic rings. The molecule has 0 bridgehead atoms. The van der Waals surface area contributed by atoms with E-state index < -0.39 is 15.8 Å². The molecule has 0 aromatic carbocycles. The van der Waals surface area contributed by atoms with Gasteiger partial charge < -0.3 is 5.11 Å². The van der Waals surface area contributed by atoms with Crippen LogP contribution in [0, 0.1) is 12.8 Å². The molecule has 2 saturated heterocycles. The average molecular weight is 374 g/mol. The molecular formula is C16H27N3O3S2. The molecule has 2 fully saturated rings. The molecule has 3 heterocycles. The minimum absolute atomic E-state index is 0.0324. The van der Waals surface area contributed by atoms with E-state index in [2.05, 4.69) is 23.3 Å². The molecule has 3 rings (SSSR count). The van der Waals surface area contributed by atoms with Crippen molar-refractivity contribution < 1.29 is 13.5 Å². The Morgan fingerprint density at radius 3 is 2.67 bits per heavy atom. The lowest BCUT2D eigenvalue weighted by molar-refractivity contribution is -0.103. The van der Waals surface area contributed by atoms with E-state index in [0.717, 1.165) is 26.1 Å². The highest BCUT2D eigenvalue weighted by molar-refractivity contribution is 7.86. The van der Waals surface area contributed by atoms with Gasteiger partial charge in [0.1, 0.15) is 0 Å². The van der Waals surface area contributed by atoms with Gasteiger partial charge in [0.25, 0.3) is 10.2 Å². The van der Waals surface area contributed by atoms with Gasteiger partial charge in [-0.3, -0.25) is 4.90 Å². The maximum atomic E-state index is 12.4. The lowest BCUT2D eigenvalue weighted by atomic mass is 9.76. The Hall–Kier alpha value is -0.510. The van der Waals surface area contributed by atoms with E-state index in [1.54, 1.807) is 25.4 Å². The molecule has 1 N–H and O–H groups in total. The molecule has 1 aromatic heterocycles. The van der Waals surface area contributed by atoms with E-state index >= 15 is 0 Å². The lowest BCUT2D eigenvalue weighted by Gasteiger charge is -2.50. The summed E-state index contributed by atoms with van der Waals surface area (Å²) < 4.78 is 27.6. The van der Waals surface area contributed by atoms with Crippen LogP contribution < -0.4 is 0 Å². The minimum atomic E-state index is -3.41. The standard InChI is InChI=1S/C16H27N3O3S2/c1-13-4-9-23-15(13)12-18-7-5-16(20)6-8-19(11-14(16)10-18)24(21,22)17(2)3/h4,9,14,20H,5-8,10-12H2,1-3H3/t14-,16-/m1/s1. The van der Waals surface area contributed by atoms with Crippen LogP contribution in [0.15, 0.2) is 11.4 Å². The first-order valence-electron chi connectivity index (χ1n) is 8.38. The van der Waals surface area contributed by atoms with Crippen molar-refractivity contribution in [2.24, 2.45) is 5.92 Å². The van der Waals surface area contributed by atoms with Crippen LogP contribution in [0.25, 0.3) is 0 Å². The zero-order valence-electron chi connectivity index (χ0n) is 14.6. The van der Waals surface area contributed by atoms with Crippen molar-refractivity contribution in [3.8, 4) is 0 Å². The number of fused-ring (bicyclic) bond motifs is 1. The first kappa shape index (κ1) is 18.3. The zero-order chi connectivity index (χ0) is 17.5. The predicted molar refractivity (Wildman–Crippen MR) is 96.2 cm³/mol. The van der Waals surface area contributed by atoms with E-state index in [9.17, 15) is 13.5 Å². The van der Waals surface area contributed by atoms with Crippen molar-refractivity contribution in [3.63, 3.8) is 0 Å². The molecule has 8 heteroatoms. The molecule has 0 radical (unpaired) electrons. The molecule has 6 nitrogen and oxygen atoms in total. The molecule has 2 aliphatic heterocycles. The molecule has 136 valence electrons. The molecule has 2 atom stereocenters. The number of aryl methyl sites for hydroxylation is 1. The number of aliphatic hydroxyl groups is 1. The summed E-state index contributed by atoms with van der Waals surface area (Å²) in [6.45, 7) is 5.42. The second kappa shape index (κ2) is 6.66. The topological polar surface area (TPSA) is 64.1 Å². The van der Waals surface area contributed by atoms with Crippen molar-refractivity contribution in [1.29, 1.82) is 0 Å². The average Bonchev–Trinajstić information content (AvgIpc) is 2.92. The number of hydrogen-bond acceptors (Lipinski definition) is 5. The van der Waals surface area contributed by atoms with Crippen LogP contribution in [0.4, 0.5) is 0 Å². The number of rotatable bonds is 4. The summed E-state index contributed by atoms with van der Waals surface area (Å²) in [4.78, 5) is 3.71. The van der Waals surface area contributed by atoms with Gasteiger partial charge in [0, 0.05) is 57.6 Å². The Kier molecular flexibility index (Phi) is 5.07. The Labute approximate surface area is 148 Å². The fourth-order valence-corrected chi connectivity index (χ4v) is 5.79. The summed E-state index contributed by atoms with van der Waals surface area (Å²) in [5, 5.41) is 13.1. The van der Waals surface area contributed by atoms with Gasteiger partial charge in [-0.15, -0.1) is 11.3 Å². The van der Waals surface area contributed by atoms with Gasteiger partial charge in [0.2, 0.25) is 0 Å². The monoisotopic (exact) mass is 373 g/mol. The number of piperidine rings is 2. The Morgan fingerprint density at radius 2 is 2.04 bits per heavy atom. The van der Waals surface area contributed by atoms with Crippen molar-refractivity contribution in [2.75, 3.05) is 40.3 Å². The summed E-state index contributed by atoms with van der Waals surface area (Å²) in [5.41, 5.74) is 0.584. The molecule has 24 heavy (non-hydrogen) atoms. The summed E-state index contributed by atoms with van der Waals surface area (Å²) in [6, 6.07) is 2.13. The molecule has 0 aliphatic carbocycles. The SMILES string of the molecule is Cc1ccsc1CN1CC[C@@]2(O)CCN(S(=O)(=O)N(C)C)C[C@H]2C1. The second-order valence-electron chi connectivity index (χ2n) is 7.21.